The van der Waals surface area contributed by atoms with Crippen LogP contribution >= 0.6 is 12.4 Å². The molecule has 1 heterocycles. The number of halogens is 1. The van der Waals surface area contributed by atoms with E-state index in [9.17, 15) is 8.42 Å². The zero-order valence-electron chi connectivity index (χ0n) is 14.1. The molecule has 1 unspecified atom stereocenters. The van der Waals surface area contributed by atoms with Crippen molar-refractivity contribution in [2.45, 2.75) is 31.2 Å². The number of nitrogens with one attached hydrogen (secondary N) is 2. The largest absolute Gasteiger partial charge is 0.316 e. The van der Waals surface area contributed by atoms with Crippen molar-refractivity contribution in [1.82, 2.24) is 14.9 Å². The predicted molar refractivity (Wildman–Crippen MR) is 96.5 cm³/mol. The first-order chi connectivity index (χ1) is 10.3. The maximum Gasteiger partial charge on any atom is 0.240 e. The number of hydrogen-bond donors (Lipinski definition) is 2. The molecule has 0 aromatic heterocycles. The summed E-state index contributed by atoms with van der Waals surface area (Å²) in [5, 5.41) is 3.34. The normalized spacial score (nSPS) is 21.9. The van der Waals surface area contributed by atoms with Gasteiger partial charge in [0, 0.05) is 19.6 Å². The van der Waals surface area contributed by atoms with E-state index in [-0.39, 0.29) is 17.8 Å². The molecule has 1 aliphatic rings. The van der Waals surface area contributed by atoms with Gasteiger partial charge in [0.25, 0.3) is 0 Å². The smallest absolute Gasteiger partial charge is 0.240 e. The van der Waals surface area contributed by atoms with Gasteiger partial charge in [0.05, 0.1) is 4.90 Å². The Bertz CT molecular complexity index is 582. The Morgan fingerprint density at radius 3 is 2.43 bits per heavy atom. The molecule has 1 atom stereocenters. The molecule has 0 bridgehead atoms. The summed E-state index contributed by atoms with van der Waals surface area (Å²) in [4.78, 5) is 2.39. The van der Waals surface area contributed by atoms with Crippen molar-refractivity contribution in [2.75, 3.05) is 33.7 Å². The number of benzene rings is 1. The van der Waals surface area contributed by atoms with Gasteiger partial charge < -0.3 is 10.2 Å². The van der Waals surface area contributed by atoms with Gasteiger partial charge in [-0.15, -0.1) is 12.4 Å². The number of piperidine rings is 1. The van der Waals surface area contributed by atoms with Gasteiger partial charge in [0.1, 0.15) is 0 Å². The van der Waals surface area contributed by atoms with Crippen LogP contribution in [0.2, 0.25) is 0 Å². The quantitative estimate of drug-likeness (QED) is 0.811. The fourth-order valence-corrected chi connectivity index (χ4v) is 3.96. The first-order valence-corrected chi connectivity index (χ1v) is 9.23. The third-order valence-corrected chi connectivity index (χ3v) is 5.52. The summed E-state index contributed by atoms with van der Waals surface area (Å²) in [6.07, 6.45) is 2.14. The van der Waals surface area contributed by atoms with Crippen LogP contribution in [0, 0.1) is 5.41 Å². The predicted octanol–water partition coefficient (Wildman–Crippen LogP) is 1.84. The summed E-state index contributed by atoms with van der Waals surface area (Å²) in [7, 11) is 0.548. The van der Waals surface area contributed by atoms with E-state index >= 15 is 0 Å². The van der Waals surface area contributed by atoms with E-state index < -0.39 is 10.0 Å². The second-order valence-electron chi connectivity index (χ2n) is 6.80. The minimum Gasteiger partial charge on any atom is -0.316 e. The monoisotopic (exact) mass is 361 g/mol. The molecule has 7 heteroatoms. The zero-order valence-corrected chi connectivity index (χ0v) is 15.8. The maximum absolute atomic E-state index is 12.4. The van der Waals surface area contributed by atoms with Crippen molar-refractivity contribution in [3.63, 3.8) is 0 Å². The van der Waals surface area contributed by atoms with Gasteiger partial charge in [-0.3, -0.25) is 0 Å². The molecule has 2 rings (SSSR count). The summed E-state index contributed by atoms with van der Waals surface area (Å²) >= 11 is 0. The minimum absolute atomic E-state index is 0. The summed E-state index contributed by atoms with van der Waals surface area (Å²) < 4.78 is 27.6. The molecule has 0 spiro atoms. The number of rotatable bonds is 6. The van der Waals surface area contributed by atoms with Crippen LogP contribution in [0.4, 0.5) is 0 Å². The molecule has 0 amide bonds. The fourth-order valence-electron chi connectivity index (χ4n) is 2.76. The first-order valence-electron chi connectivity index (χ1n) is 7.75. The van der Waals surface area contributed by atoms with Crippen LogP contribution in [0.5, 0.6) is 0 Å². The number of sulfonamides is 1. The van der Waals surface area contributed by atoms with Crippen LogP contribution < -0.4 is 10.0 Å². The maximum atomic E-state index is 12.4. The van der Waals surface area contributed by atoms with E-state index in [4.69, 9.17) is 0 Å². The van der Waals surface area contributed by atoms with Crippen LogP contribution in [-0.4, -0.2) is 47.0 Å². The van der Waals surface area contributed by atoms with Crippen LogP contribution in [0.1, 0.15) is 25.3 Å². The SMILES string of the molecule is CN(C)Cc1ccc(S(=O)(=O)NCC2(C)CCCNC2)cc1.Cl. The van der Waals surface area contributed by atoms with E-state index in [2.05, 4.69) is 21.9 Å². The van der Waals surface area contributed by atoms with Gasteiger partial charge in [-0.25, -0.2) is 13.1 Å². The van der Waals surface area contributed by atoms with Gasteiger partial charge in [0.2, 0.25) is 10.0 Å². The lowest BCUT2D eigenvalue weighted by atomic mass is 9.83. The molecule has 0 radical (unpaired) electrons. The average Bonchev–Trinajstić information content (AvgIpc) is 2.46. The Kier molecular flexibility index (Phi) is 7.48. The topological polar surface area (TPSA) is 61.4 Å². The summed E-state index contributed by atoms with van der Waals surface area (Å²) in [6, 6.07) is 7.11. The molecular formula is C16H28ClN3O2S. The Morgan fingerprint density at radius 2 is 1.91 bits per heavy atom. The highest BCUT2D eigenvalue weighted by Gasteiger charge is 2.28. The summed E-state index contributed by atoms with van der Waals surface area (Å²) in [6.45, 7) is 5.29. The molecule has 1 saturated heterocycles. The molecule has 2 N–H and O–H groups in total. The Labute approximate surface area is 146 Å². The van der Waals surface area contributed by atoms with Gasteiger partial charge in [-0.05, 0) is 56.6 Å². The Hall–Kier alpha value is -0.660. The van der Waals surface area contributed by atoms with Gasteiger partial charge in [-0.1, -0.05) is 19.1 Å². The third kappa shape index (κ3) is 6.04. The van der Waals surface area contributed by atoms with Crippen molar-refractivity contribution in [3.8, 4) is 0 Å². The molecule has 5 nitrogen and oxygen atoms in total. The lowest BCUT2D eigenvalue weighted by molar-refractivity contribution is 0.238. The standard InChI is InChI=1S/C16H27N3O2S.ClH/c1-16(9-4-10-17-12-16)13-18-22(20,21)15-7-5-14(6-8-15)11-19(2)3;/h5-8,17-18H,4,9-13H2,1-3H3;1H. The van der Waals surface area contributed by atoms with Crippen molar-refractivity contribution < 1.29 is 8.42 Å². The van der Waals surface area contributed by atoms with Crippen molar-refractivity contribution in [2.24, 2.45) is 5.41 Å². The Balaban J connectivity index is 0.00000264. The molecule has 1 aromatic carbocycles. The lowest BCUT2D eigenvalue weighted by Gasteiger charge is -2.34. The summed E-state index contributed by atoms with van der Waals surface area (Å²) in [5.41, 5.74) is 1.10. The fraction of sp³-hybridized carbons (Fsp3) is 0.625. The molecule has 1 aliphatic heterocycles. The van der Waals surface area contributed by atoms with E-state index in [0.29, 0.717) is 11.4 Å². The van der Waals surface area contributed by atoms with Crippen molar-refractivity contribution in [3.05, 3.63) is 29.8 Å². The van der Waals surface area contributed by atoms with Gasteiger partial charge in [-0.2, -0.15) is 0 Å². The zero-order chi connectivity index (χ0) is 16.2. The van der Waals surface area contributed by atoms with Crippen molar-refractivity contribution in [1.29, 1.82) is 0 Å². The lowest BCUT2D eigenvalue weighted by Crippen LogP contribution is -2.45. The average molecular weight is 362 g/mol. The highest BCUT2D eigenvalue weighted by Crippen LogP contribution is 2.25. The van der Waals surface area contributed by atoms with E-state index in [0.717, 1.165) is 38.0 Å². The van der Waals surface area contributed by atoms with Crippen LogP contribution in [0.3, 0.4) is 0 Å². The molecule has 0 saturated carbocycles. The van der Waals surface area contributed by atoms with Crippen molar-refractivity contribution >= 4 is 22.4 Å². The molecule has 132 valence electrons. The third-order valence-electron chi connectivity index (χ3n) is 4.11. The first kappa shape index (κ1) is 20.4. The van der Waals surface area contributed by atoms with Gasteiger partial charge >= 0.3 is 0 Å². The number of nitrogens with zero attached hydrogens (tertiary/aromatic N) is 1. The molecule has 0 aliphatic carbocycles. The highest BCUT2D eigenvalue weighted by molar-refractivity contribution is 7.89. The summed E-state index contributed by atoms with van der Waals surface area (Å²) in [5.74, 6) is 0. The minimum atomic E-state index is -3.43. The van der Waals surface area contributed by atoms with E-state index in [1.165, 1.54) is 0 Å². The van der Waals surface area contributed by atoms with Gasteiger partial charge in [0.15, 0.2) is 0 Å². The highest BCUT2D eigenvalue weighted by atomic mass is 35.5. The molecule has 1 aromatic rings. The molecular weight excluding hydrogens is 334 g/mol. The van der Waals surface area contributed by atoms with Crippen LogP contribution in [0.25, 0.3) is 0 Å². The second-order valence-corrected chi connectivity index (χ2v) is 8.56. The van der Waals surface area contributed by atoms with E-state index in [1.54, 1.807) is 12.1 Å². The van der Waals surface area contributed by atoms with Crippen LogP contribution in [-0.2, 0) is 16.6 Å². The Morgan fingerprint density at radius 1 is 1.26 bits per heavy atom. The second kappa shape index (κ2) is 8.44. The number of hydrogen-bond acceptors (Lipinski definition) is 4. The van der Waals surface area contributed by atoms with E-state index in [1.807, 2.05) is 26.2 Å². The molecule has 23 heavy (non-hydrogen) atoms. The molecule has 1 fully saturated rings. The van der Waals surface area contributed by atoms with Crippen LogP contribution in [0.15, 0.2) is 29.2 Å².